The average molecular weight is 257 g/mol. The van der Waals surface area contributed by atoms with Crippen LogP contribution in [0.1, 0.15) is 0 Å². The Morgan fingerprint density at radius 1 is 1.19 bits per heavy atom. The van der Waals surface area contributed by atoms with Crippen molar-refractivity contribution in [3.05, 3.63) is 0 Å². The lowest BCUT2D eigenvalue weighted by atomic mass is 10.6. The zero-order chi connectivity index (χ0) is 12.1. The van der Waals surface area contributed by atoms with Crippen LogP contribution >= 0.6 is 0 Å². The van der Waals surface area contributed by atoms with Crippen molar-refractivity contribution in [2.24, 2.45) is 0 Å². The van der Waals surface area contributed by atoms with Gasteiger partial charge in [-0.3, -0.25) is 10.1 Å². The Labute approximate surface area is 85.9 Å². The van der Waals surface area contributed by atoms with Crippen LogP contribution in [-0.4, -0.2) is 43.5 Å². The number of ether oxygens (including phenoxy) is 1. The summed E-state index contributed by atoms with van der Waals surface area (Å²) in [5.41, 5.74) is 0. The van der Waals surface area contributed by atoms with E-state index in [4.69, 9.17) is 4.79 Å². The summed E-state index contributed by atoms with van der Waals surface area (Å²) in [6.45, 7) is 0.425. The smallest absolute Gasteiger partial charge is 0.412 e. The second kappa shape index (κ2) is 6.66. The van der Waals surface area contributed by atoms with E-state index >= 15 is 0 Å². The van der Waals surface area contributed by atoms with E-state index < -0.39 is 24.9 Å². The lowest BCUT2D eigenvalue weighted by Gasteiger charge is -2.12. The molecular formula is C6H9F6NO3. The molecule has 0 amide bonds. The molecule has 0 aromatic heterocycles. The number of carbonyl (C=O) groups is 1. The third-order valence-corrected chi connectivity index (χ3v) is 1.15. The van der Waals surface area contributed by atoms with Crippen LogP contribution in [0.3, 0.4) is 0 Å². The first kappa shape index (κ1) is 17.5. The number of hydrogen-bond donors (Lipinski definition) is 1. The van der Waals surface area contributed by atoms with Gasteiger partial charge in [0.1, 0.15) is 0 Å². The molecule has 0 bridgehead atoms. The van der Waals surface area contributed by atoms with Gasteiger partial charge in [0, 0.05) is 6.54 Å². The monoisotopic (exact) mass is 257 g/mol. The molecule has 1 saturated heterocycles. The SMILES string of the molecule is FC(F)(F)C1NCCO1.O.O=CC(F)(F)F. The Morgan fingerprint density at radius 3 is 1.75 bits per heavy atom. The van der Waals surface area contributed by atoms with Gasteiger partial charge in [-0.15, -0.1) is 0 Å². The average Bonchev–Trinajstić information content (AvgIpc) is 2.54. The maximum absolute atomic E-state index is 11.6. The quantitative estimate of drug-likeness (QED) is 0.505. The van der Waals surface area contributed by atoms with Gasteiger partial charge in [0.05, 0.1) is 6.61 Å². The van der Waals surface area contributed by atoms with Crippen molar-refractivity contribution in [1.29, 1.82) is 0 Å². The van der Waals surface area contributed by atoms with Gasteiger partial charge in [-0.05, 0) is 0 Å². The second-order valence-electron chi connectivity index (χ2n) is 2.41. The summed E-state index contributed by atoms with van der Waals surface area (Å²) in [7, 11) is 0. The largest absolute Gasteiger partial charge is 0.446 e. The molecule has 0 aliphatic carbocycles. The van der Waals surface area contributed by atoms with E-state index in [0.717, 1.165) is 0 Å². The van der Waals surface area contributed by atoms with E-state index in [-0.39, 0.29) is 18.6 Å². The van der Waals surface area contributed by atoms with Crippen LogP contribution in [0.5, 0.6) is 0 Å². The summed E-state index contributed by atoms with van der Waals surface area (Å²) in [4.78, 5) is 8.70. The Bertz CT molecular complexity index is 197. The van der Waals surface area contributed by atoms with Gasteiger partial charge in [-0.1, -0.05) is 0 Å². The minimum Gasteiger partial charge on any atom is -0.412 e. The molecule has 0 radical (unpaired) electrons. The van der Waals surface area contributed by atoms with Gasteiger partial charge >= 0.3 is 12.4 Å². The van der Waals surface area contributed by atoms with Crippen LogP contribution in [0.25, 0.3) is 0 Å². The summed E-state index contributed by atoms with van der Waals surface area (Å²) < 4.78 is 70.3. The first-order chi connectivity index (χ1) is 6.67. The zero-order valence-corrected chi connectivity index (χ0v) is 7.65. The highest BCUT2D eigenvalue weighted by Gasteiger charge is 2.42. The number of hydrogen-bond acceptors (Lipinski definition) is 3. The Morgan fingerprint density at radius 2 is 1.62 bits per heavy atom. The molecule has 1 unspecified atom stereocenters. The lowest BCUT2D eigenvalue weighted by molar-refractivity contribution is -0.212. The van der Waals surface area contributed by atoms with E-state index in [1.54, 1.807) is 0 Å². The third kappa shape index (κ3) is 8.44. The summed E-state index contributed by atoms with van der Waals surface area (Å²) in [6.07, 6.45) is -11.7. The van der Waals surface area contributed by atoms with Crippen LogP contribution in [0, 0.1) is 0 Å². The summed E-state index contributed by atoms with van der Waals surface area (Å²) in [5, 5.41) is 2.15. The number of carbonyl (C=O) groups excluding carboxylic acids is 1. The van der Waals surface area contributed by atoms with Crippen LogP contribution in [0.4, 0.5) is 26.3 Å². The molecule has 1 fully saturated rings. The molecule has 1 aliphatic heterocycles. The third-order valence-electron chi connectivity index (χ3n) is 1.15. The number of alkyl halides is 6. The molecule has 0 aromatic carbocycles. The normalized spacial score (nSPS) is 20.5. The molecule has 0 aromatic rings. The second-order valence-corrected chi connectivity index (χ2v) is 2.41. The van der Waals surface area contributed by atoms with Crippen molar-refractivity contribution in [1.82, 2.24) is 5.32 Å². The van der Waals surface area contributed by atoms with Crippen LogP contribution in [0.2, 0.25) is 0 Å². The molecule has 1 aliphatic rings. The minimum atomic E-state index is -4.64. The molecule has 0 spiro atoms. The number of nitrogens with one attached hydrogen (secondary N) is 1. The van der Waals surface area contributed by atoms with Gasteiger partial charge in [0.2, 0.25) is 12.5 Å². The molecule has 3 N–H and O–H groups in total. The minimum absolute atomic E-state index is 0. The predicted octanol–water partition coefficient (Wildman–Crippen LogP) is 0.417. The molecular weight excluding hydrogens is 248 g/mol. The van der Waals surface area contributed by atoms with Crippen LogP contribution in [-0.2, 0) is 9.53 Å². The summed E-state index contributed by atoms with van der Waals surface area (Å²) >= 11 is 0. The van der Waals surface area contributed by atoms with E-state index in [1.165, 1.54) is 0 Å². The standard InChI is InChI=1S/C4H6F3NO.C2HF3O.H2O/c5-4(6,7)3-8-1-2-9-3;3-2(4,5)1-6;/h3,8H,1-2H2;1H;1H2. The van der Waals surface area contributed by atoms with Crippen LogP contribution in [0.15, 0.2) is 0 Å². The van der Waals surface area contributed by atoms with Gasteiger partial charge in [0.25, 0.3) is 0 Å². The maximum Gasteiger partial charge on any atom is 0.446 e. The van der Waals surface area contributed by atoms with E-state index in [2.05, 4.69) is 10.1 Å². The van der Waals surface area contributed by atoms with E-state index in [1.807, 2.05) is 0 Å². The molecule has 1 heterocycles. The molecule has 10 heteroatoms. The highest BCUT2D eigenvalue weighted by molar-refractivity contribution is 5.56. The maximum atomic E-state index is 11.6. The molecule has 1 atom stereocenters. The van der Waals surface area contributed by atoms with Crippen molar-refractivity contribution < 1.29 is 41.4 Å². The Balaban J connectivity index is 0. The van der Waals surface area contributed by atoms with Crippen molar-refractivity contribution in [2.45, 2.75) is 18.6 Å². The summed E-state index contributed by atoms with van der Waals surface area (Å²) in [6, 6.07) is 0. The van der Waals surface area contributed by atoms with Crippen molar-refractivity contribution in [3.8, 4) is 0 Å². The molecule has 4 nitrogen and oxygen atoms in total. The van der Waals surface area contributed by atoms with E-state index in [9.17, 15) is 26.3 Å². The topological polar surface area (TPSA) is 69.8 Å². The van der Waals surface area contributed by atoms with Gasteiger partial charge in [0.15, 0.2) is 0 Å². The number of aldehydes is 1. The molecule has 16 heavy (non-hydrogen) atoms. The highest BCUT2D eigenvalue weighted by Crippen LogP contribution is 2.22. The first-order valence-corrected chi connectivity index (χ1v) is 3.61. The van der Waals surface area contributed by atoms with Gasteiger partial charge in [-0.2, -0.15) is 26.3 Å². The van der Waals surface area contributed by atoms with Crippen molar-refractivity contribution in [2.75, 3.05) is 13.2 Å². The van der Waals surface area contributed by atoms with Crippen molar-refractivity contribution >= 4 is 6.29 Å². The Kier molecular flexibility index (Phi) is 7.29. The zero-order valence-electron chi connectivity index (χ0n) is 7.65. The van der Waals surface area contributed by atoms with E-state index in [0.29, 0.717) is 0 Å². The molecule has 0 saturated carbocycles. The fourth-order valence-corrected chi connectivity index (χ4v) is 0.636. The number of halogens is 6. The molecule has 1 rings (SSSR count). The summed E-state index contributed by atoms with van der Waals surface area (Å²) in [5.74, 6) is 0. The fraction of sp³-hybridized carbons (Fsp3) is 0.833. The highest BCUT2D eigenvalue weighted by atomic mass is 19.4. The Hall–Kier alpha value is -0.870. The van der Waals surface area contributed by atoms with Gasteiger partial charge < -0.3 is 10.2 Å². The van der Waals surface area contributed by atoms with Gasteiger partial charge in [-0.25, -0.2) is 0 Å². The van der Waals surface area contributed by atoms with Crippen molar-refractivity contribution in [3.63, 3.8) is 0 Å². The number of rotatable bonds is 0. The molecule has 98 valence electrons. The van der Waals surface area contributed by atoms with Crippen LogP contribution < -0.4 is 5.32 Å². The lowest BCUT2D eigenvalue weighted by Crippen LogP contribution is -2.38. The predicted molar refractivity (Wildman–Crippen MR) is 39.5 cm³/mol. The fourth-order valence-electron chi connectivity index (χ4n) is 0.636. The first-order valence-electron chi connectivity index (χ1n) is 3.61.